The van der Waals surface area contributed by atoms with Crippen LogP contribution < -0.4 is 9.64 Å². The van der Waals surface area contributed by atoms with Crippen LogP contribution in [0.3, 0.4) is 0 Å². The van der Waals surface area contributed by atoms with E-state index in [1.165, 1.54) is 4.90 Å². The summed E-state index contributed by atoms with van der Waals surface area (Å²) in [7, 11) is 0. The number of ketones is 1. The molecule has 0 atom stereocenters. The number of benzene rings is 2. The molecule has 1 aromatic heterocycles. The van der Waals surface area contributed by atoms with Gasteiger partial charge in [-0.1, -0.05) is 30.3 Å². The highest BCUT2D eigenvalue weighted by atomic mass is 32.1. The summed E-state index contributed by atoms with van der Waals surface area (Å²) in [4.78, 5) is 32.3. The molecule has 0 fully saturated rings. The second-order valence-corrected chi connectivity index (χ2v) is 7.79. The number of aromatic nitrogens is 1. The highest BCUT2D eigenvalue weighted by Gasteiger charge is 2.28. The molecule has 0 unspecified atom stereocenters. The molecule has 2 aromatic carbocycles. The van der Waals surface area contributed by atoms with E-state index in [0.29, 0.717) is 17.0 Å². The molecule has 1 amide bonds. The van der Waals surface area contributed by atoms with Gasteiger partial charge in [0, 0.05) is 16.0 Å². The van der Waals surface area contributed by atoms with E-state index in [2.05, 4.69) is 4.98 Å². The maximum atomic E-state index is 12.6. The van der Waals surface area contributed by atoms with Gasteiger partial charge in [0.1, 0.15) is 5.75 Å². The lowest BCUT2D eigenvalue weighted by Gasteiger charge is -2.29. The number of Topliss-reactive ketones (excluding diaryl/α,β-unsaturated/α-hetero) is 1. The number of amides is 1. The lowest BCUT2D eigenvalue weighted by molar-refractivity contribution is -0.121. The predicted molar refractivity (Wildman–Crippen MR) is 106 cm³/mol. The van der Waals surface area contributed by atoms with Crippen LogP contribution in [-0.2, 0) is 4.79 Å². The monoisotopic (exact) mass is 378 g/mol. The molecular weight excluding hydrogens is 360 g/mol. The standard InChI is InChI=1S/C21H18N2O3S/c1-13-21(22-14(2)27-13)16-8-9-19-17(10-16)23(20(25)12-26-19)11-18(24)15-6-4-3-5-7-15/h3-10H,11-12H2,1-2H3. The zero-order chi connectivity index (χ0) is 19.0. The minimum Gasteiger partial charge on any atom is -0.482 e. The summed E-state index contributed by atoms with van der Waals surface area (Å²) >= 11 is 1.63. The first kappa shape index (κ1) is 17.4. The average Bonchev–Trinajstić information content (AvgIpc) is 3.02. The number of ether oxygens (including phenoxy) is 1. The third kappa shape index (κ3) is 3.36. The summed E-state index contributed by atoms with van der Waals surface area (Å²) in [6.07, 6.45) is 0. The highest BCUT2D eigenvalue weighted by molar-refractivity contribution is 7.11. The summed E-state index contributed by atoms with van der Waals surface area (Å²) in [6.45, 7) is 3.91. The Morgan fingerprint density at radius 3 is 2.67 bits per heavy atom. The molecule has 6 heteroatoms. The van der Waals surface area contributed by atoms with Crippen LogP contribution in [0.4, 0.5) is 5.69 Å². The Kier molecular flexibility index (Phi) is 4.49. The van der Waals surface area contributed by atoms with Crippen molar-refractivity contribution in [1.82, 2.24) is 4.98 Å². The first-order valence-electron chi connectivity index (χ1n) is 8.63. The molecule has 1 aliphatic heterocycles. The van der Waals surface area contributed by atoms with Crippen LogP contribution in [0.5, 0.6) is 5.75 Å². The van der Waals surface area contributed by atoms with Crippen molar-refractivity contribution in [2.24, 2.45) is 0 Å². The number of rotatable bonds is 4. The molecule has 3 aromatic rings. The van der Waals surface area contributed by atoms with E-state index < -0.39 is 0 Å². The quantitative estimate of drug-likeness (QED) is 0.643. The van der Waals surface area contributed by atoms with Gasteiger partial charge in [-0.05, 0) is 32.0 Å². The fourth-order valence-electron chi connectivity index (χ4n) is 3.18. The molecule has 0 aliphatic carbocycles. The Hall–Kier alpha value is -2.99. The zero-order valence-corrected chi connectivity index (χ0v) is 15.9. The Bertz CT molecular complexity index is 1030. The fraction of sp³-hybridized carbons (Fsp3) is 0.190. The molecule has 27 heavy (non-hydrogen) atoms. The van der Waals surface area contributed by atoms with Crippen molar-refractivity contribution in [2.45, 2.75) is 13.8 Å². The van der Waals surface area contributed by atoms with Gasteiger partial charge in [0.2, 0.25) is 0 Å². The highest BCUT2D eigenvalue weighted by Crippen LogP contribution is 2.37. The van der Waals surface area contributed by atoms with Gasteiger partial charge in [-0.25, -0.2) is 4.98 Å². The normalized spacial score (nSPS) is 13.3. The van der Waals surface area contributed by atoms with Crippen LogP contribution in [0.1, 0.15) is 20.2 Å². The van der Waals surface area contributed by atoms with Crippen LogP contribution in [0.25, 0.3) is 11.3 Å². The number of carbonyl (C=O) groups excluding carboxylic acids is 2. The number of nitrogens with zero attached hydrogens (tertiary/aromatic N) is 2. The second-order valence-electron chi connectivity index (χ2n) is 6.38. The summed E-state index contributed by atoms with van der Waals surface area (Å²) in [5.41, 5.74) is 3.00. The molecule has 4 rings (SSSR count). The van der Waals surface area contributed by atoms with Crippen LogP contribution >= 0.6 is 11.3 Å². The fourth-order valence-corrected chi connectivity index (χ4v) is 4.02. The van der Waals surface area contributed by atoms with Crippen molar-refractivity contribution < 1.29 is 14.3 Å². The van der Waals surface area contributed by atoms with Gasteiger partial charge in [0.15, 0.2) is 12.4 Å². The number of hydrogen-bond donors (Lipinski definition) is 0. The van der Waals surface area contributed by atoms with Crippen molar-refractivity contribution in [3.8, 4) is 17.0 Å². The van der Waals surface area contributed by atoms with E-state index in [0.717, 1.165) is 21.1 Å². The van der Waals surface area contributed by atoms with Gasteiger partial charge in [-0.2, -0.15) is 0 Å². The number of anilines is 1. The molecule has 0 bridgehead atoms. The largest absolute Gasteiger partial charge is 0.482 e. The van der Waals surface area contributed by atoms with Crippen molar-refractivity contribution in [1.29, 1.82) is 0 Å². The van der Waals surface area contributed by atoms with Crippen LogP contribution in [0.15, 0.2) is 48.5 Å². The summed E-state index contributed by atoms with van der Waals surface area (Å²) in [5, 5.41) is 0.989. The molecule has 0 saturated carbocycles. The topological polar surface area (TPSA) is 59.5 Å². The van der Waals surface area contributed by atoms with E-state index in [4.69, 9.17) is 4.74 Å². The van der Waals surface area contributed by atoms with Gasteiger partial charge < -0.3 is 4.74 Å². The Morgan fingerprint density at radius 1 is 1.19 bits per heavy atom. The Labute approximate surface area is 161 Å². The van der Waals surface area contributed by atoms with Crippen LogP contribution in [0.2, 0.25) is 0 Å². The molecule has 0 saturated heterocycles. The predicted octanol–water partition coefficient (Wildman–Crippen LogP) is 4.04. The van der Waals surface area contributed by atoms with Crippen molar-refractivity contribution in [3.63, 3.8) is 0 Å². The summed E-state index contributed by atoms with van der Waals surface area (Å²) in [6, 6.07) is 14.7. The molecular formula is C21H18N2O3S. The van der Waals surface area contributed by atoms with Gasteiger partial charge >= 0.3 is 0 Å². The minimum atomic E-state index is -0.227. The third-order valence-electron chi connectivity index (χ3n) is 4.48. The van der Waals surface area contributed by atoms with Gasteiger partial charge in [-0.15, -0.1) is 11.3 Å². The molecule has 136 valence electrons. The third-order valence-corrected chi connectivity index (χ3v) is 5.36. The SMILES string of the molecule is Cc1nc(-c2ccc3c(c2)N(CC(=O)c2ccccc2)C(=O)CO3)c(C)s1. The summed E-state index contributed by atoms with van der Waals surface area (Å²) < 4.78 is 5.56. The van der Waals surface area contributed by atoms with Gasteiger partial charge in [0.05, 0.1) is 22.9 Å². The number of aryl methyl sites for hydroxylation is 2. The molecule has 0 N–H and O–H groups in total. The van der Waals surface area contributed by atoms with Crippen LogP contribution in [-0.4, -0.2) is 29.8 Å². The van der Waals surface area contributed by atoms with Gasteiger partial charge in [-0.3, -0.25) is 14.5 Å². The van der Waals surface area contributed by atoms with Crippen LogP contribution in [0, 0.1) is 13.8 Å². The van der Waals surface area contributed by atoms with E-state index in [9.17, 15) is 9.59 Å². The molecule has 0 spiro atoms. The first-order chi connectivity index (χ1) is 13.0. The number of carbonyl (C=O) groups is 2. The number of hydrogen-bond acceptors (Lipinski definition) is 5. The van der Waals surface area contributed by atoms with E-state index in [1.807, 2.05) is 50.2 Å². The maximum Gasteiger partial charge on any atom is 0.265 e. The molecule has 5 nitrogen and oxygen atoms in total. The van der Waals surface area contributed by atoms with E-state index >= 15 is 0 Å². The van der Waals surface area contributed by atoms with E-state index in [-0.39, 0.29) is 24.8 Å². The maximum absolute atomic E-state index is 12.6. The van der Waals surface area contributed by atoms with Crippen molar-refractivity contribution in [3.05, 3.63) is 64.0 Å². The second kappa shape index (κ2) is 6.96. The molecule has 0 radical (unpaired) electrons. The Balaban J connectivity index is 1.70. The molecule has 2 heterocycles. The lowest BCUT2D eigenvalue weighted by atomic mass is 10.1. The number of thiazole rings is 1. The average molecular weight is 378 g/mol. The Morgan fingerprint density at radius 2 is 1.96 bits per heavy atom. The lowest BCUT2D eigenvalue weighted by Crippen LogP contribution is -2.42. The van der Waals surface area contributed by atoms with Gasteiger partial charge in [0.25, 0.3) is 5.91 Å². The van der Waals surface area contributed by atoms with Crippen molar-refractivity contribution in [2.75, 3.05) is 18.1 Å². The molecule has 1 aliphatic rings. The summed E-state index contributed by atoms with van der Waals surface area (Å²) in [5.74, 6) is 0.266. The zero-order valence-electron chi connectivity index (χ0n) is 15.1. The van der Waals surface area contributed by atoms with Crippen molar-refractivity contribution >= 4 is 28.7 Å². The number of fused-ring (bicyclic) bond motifs is 1. The van der Waals surface area contributed by atoms with E-state index in [1.54, 1.807) is 23.5 Å². The smallest absolute Gasteiger partial charge is 0.265 e. The minimum absolute atomic E-state index is 0.0161. The first-order valence-corrected chi connectivity index (χ1v) is 9.44.